The highest BCUT2D eigenvalue weighted by Crippen LogP contribution is 2.38. The molecule has 1 N–H and O–H groups in total. The zero-order valence-electron chi connectivity index (χ0n) is 12.2. The number of aromatic nitrogens is 2. The lowest BCUT2D eigenvalue weighted by molar-refractivity contribution is 0.704. The molecule has 0 amide bonds. The Morgan fingerprint density at radius 1 is 1.24 bits per heavy atom. The van der Waals surface area contributed by atoms with Crippen LogP contribution in [-0.2, 0) is 0 Å². The summed E-state index contributed by atoms with van der Waals surface area (Å²) in [5.41, 5.74) is 1.37. The Labute approximate surface area is 130 Å². The van der Waals surface area contributed by atoms with Crippen LogP contribution in [0.25, 0.3) is 0 Å². The van der Waals surface area contributed by atoms with Gasteiger partial charge in [0.05, 0.1) is 0 Å². The lowest BCUT2D eigenvalue weighted by Gasteiger charge is -2.13. The predicted octanol–water partition coefficient (Wildman–Crippen LogP) is 4.61. The minimum absolute atomic E-state index is 0.521. The van der Waals surface area contributed by atoms with Crippen LogP contribution in [0, 0.1) is 0 Å². The molecule has 1 fully saturated rings. The summed E-state index contributed by atoms with van der Waals surface area (Å²) in [5, 5.41) is 3.91. The van der Waals surface area contributed by atoms with E-state index in [1.54, 1.807) is 6.07 Å². The summed E-state index contributed by atoms with van der Waals surface area (Å²) in [6.07, 6.45) is 3.43. The van der Waals surface area contributed by atoms with Gasteiger partial charge in [0.15, 0.2) is 0 Å². The molecule has 21 heavy (non-hydrogen) atoms. The number of nitrogens with one attached hydrogen (secondary N) is 1. The van der Waals surface area contributed by atoms with Gasteiger partial charge in [-0.2, -0.15) is 0 Å². The summed E-state index contributed by atoms with van der Waals surface area (Å²) in [5.74, 6) is 2.78. The number of hydrogen-bond donors (Lipinski definition) is 1. The largest absolute Gasteiger partial charge is 0.370 e. The normalized spacial score (nSPS) is 15.7. The fourth-order valence-corrected chi connectivity index (χ4v) is 2.60. The zero-order chi connectivity index (χ0) is 14.7. The molecule has 1 aromatic heterocycles. The van der Waals surface area contributed by atoms with Gasteiger partial charge in [-0.1, -0.05) is 48.9 Å². The molecule has 110 valence electrons. The minimum atomic E-state index is 0.521. The van der Waals surface area contributed by atoms with Crippen LogP contribution in [0.1, 0.15) is 49.4 Å². The molecule has 0 radical (unpaired) electrons. The lowest BCUT2D eigenvalue weighted by Crippen LogP contribution is -2.08. The van der Waals surface area contributed by atoms with Gasteiger partial charge in [0.1, 0.15) is 16.8 Å². The van der Waals surface area contributed by atoms with Gasteiger partial charge in [0.25, 0.3) is 0 Å². The Kier molecular flexibility index (Phi) is 4.39. The van der Waals surface area contributed by atoms with Crippen LogP contribution in [0.5, 0.6) is 0 Å². The maximum Gasteiger partial charge on any atom is 0.135 e. The van der Waals surface area contributed by atoms with E-state index >= 15 is 0 Å². The molecule has 3 rings (SSSR count). The van der Waals surface area contributed by atoms with Gasteiger partial charge >= 0.3 is 0 Å². The predicted molar refractivity (Wildman–Crippen MR) is 87.0 cm³/mol. The van der Waals surface area contributed by atoms with E-state index in [-0.39, 0.29) is 0 Å². The Bertz CT molecular complexity index is 596. The van der Waals surface area contributed by atoms with E-state index in [1.807, 2.05) is 0 Å². The number of nitrogens with zero attached hydrogens (tertiary/aromatic N) is 2. The van der Waals surface area contributed by atoms with Crippen molar-refractivity contribution in [2.75, 3.05) is 11.9 Å². The molecule has 0 saturated heterocycles. The third-order valence-electron chi connectivity index (χ3n) is 3.91. The standard InChI is InChI=1S/C17H20ClN3/c1-12(13-5-3-2-4-6-13)9-10-19-16-11-15(18)20-17(21-16)14-7-8-14/h2-6,11-12,14H,7-10H2,1H3,(H,19,20,21). The highest BCUT2D eigenvalue weighted by molar-refractivity contribution is 6.29. The molecule has 3 nitrogen and oxygen atoms in total. The summed E-state index contributed by atoms with van der Waals surface area (Å²) in [6, 6.07) is 12.4. The van der Waals surface area contributed by atoms with E-state index in [1.165, 1.54) is 18.4 Å². The van der Waals surface area contributed by atoms with Gasteiger partial charge in [-0.3, -0.25) is 0 Å². The SMILES string of the molecule is CC(CCNc1cc(Cl)nc(C2CC2)n1)c1ccccc1. The number of hydrogen-bond acceptors (Lipinski definition) is 3. The van der Waals surface area contributed by atoms with Crippen molar-refractivity contribution < 1.29 is 0 Å². The fraction of sp³-hybridized carbons (Fsp3) is 0.412. The molecule has 1 aliphatic carbocycles. The Morgan fingerprint density at radius 2 is 2.00 bits per heavy atom. The van der Waals surface area contributed by atoms with Crippen LogP contribution in [0.2, 0.25) is 5.15 Å². The summed E-state index contributed by atoms with van der Waals surface area (Å²) in [4.78, 5) is 8.86. The van der Waals surface area contributed by atoms with Crippen LogP contribution in [0.3, 0.4) is 0 Å². The Hall–Kier alpha value is -1.61. The van der Waals surface area contributed by atoms with Gasteiger partial charge in [-0.25, -0.2) is 9.97 Å². The molecule has 1 heterocycles. The summed E-state index contributed by atoms with van der Waals surface area (Å²) in [6.45, 7) is 3.13. The fourth-order valence-electron chi connectivity index (χ4n) is 2.41. The quantitative estimate of drug-likeness (QED) is 0.792. The first kappa shape index (κ1) is 14.3. The van der Waals surface area contributed by atoms with Gasteiger partial charge < -0.3 is 5.32 Å². The van der Waals surface area contributed by atoms with Gasteiger partial charge in [0, 0.05) is 18.5 Å². The molecule has 0 aliphatic heterocycles. The molecule has 1 aromatic carbocycles. The molecular formula is C17H20ClN3. The van der Waals surface area contributed by atoms with Crippen molar-refractivity contribution in [3.8, 4) is 0 Å². The third kappa shape index (κ3) is 3.94. The smallest absolute Gasteiger partial charge is 0.135 e. The van der Waals surface area contributed by atoms with Gasteiger partial charge in [-0.05, 0) is 30.7 Å². The van der Waals surface area contributed by atoms with Crippen LogP contribution in [0.4, 0.5) is 5.82 Å². The topological polar surface area (TPSA) is 37.8 Å². The van der Waals surface area contributed by atoms with Crippen molar-refractivity contribution in [1.29, 1.82) is 0 Å². The van der Waals surface area contributed by atoms with Crippen molar-refractivity contribution in [3.05, 3.63) is 52.9 Å². The second-order valence-corrected chi connectivity index (χ2v) is 6.12. The number of rotatable bonds is 6. The average molecular weight is 302 g/mol. The molecule has 2 aromatic rings. The monoisotopic (exact) mass is 301 g/mol. The number of benzene rings is 1. The molecule has 1 atom stereocenters. The van der Waals surface area contributed by atoms with E-state index < -0.39 is 0 Å². The zero-order valence-corrected chi connectivity index (χ0v) is 13.0. The molecule has 1 unspecified atom stereocenters. The van der Waals surface area contributed by atoms with E-state index in [2.05, 4.69) is 52.5 Å². The summed E-state index contributed by atoms with van der Waals surface area (Å²) in [7, 11) is 0. The minimum Gasteiger partial charge on any atom is -0.370 e. The molecule has 1 aliphatic rings. The van der Waals surface area contributed by atoms with Gasteiger partial charge in [0.2, 0.25) is 0 Å². The first-order valence-corrected chi connectivity index (χ1v) is 7.93. The van der Waals surface area contributed by atoms with Crippen LogP contribution in [-0.4, -0.2) is 16.5 Å². The third-order valence-corrected chi connectivity index (χ3v) is 4.10. The van der Waals surface area contributed by atoms with Crippen molar-refractivity contribution in [1.82, 2.24) is 9.97 Å². The summed E-state index contributed by atoms with van der Waals surface area (Å²) >= 11 is 6.07. The highest BCUT2D eigenvalue weighted by atomic mass is 35.5. The van der Waals surface area contributed by atoms with E-state index in [9.17, 15) is 0 Å². The molecular weight excluding hydrogens is 282 g/mol. The highest BCUT2D eigenvalue weighted by Gasteiger charge is 2.27. The Balaban J connectivity index is 1.55. The van der Waals surface area contributed by atoms with Crippen molar-refractivity contribution >= 4 is 17.4 Å². The van der Waals surface area contributed by atoms with Crippen molar-refractivity contribution in [2.45, 2.75) is 38.0 Å². The first-order chi connectivity index (χ1) is 10.2. The van der Waals surface area contributed by atoms with Gasteiger partial charge in [-0.15, -0.1) is 0 Å². The molecule has 1 saturated carbocycles. The van der Waals surface area contributed by atoms with Crippen molar-refractivity contribution in [3.63, 3.8) is 0 Å². The average Bonchev–Trinajstić information content (AvgIpc) is 3.32. The number of halogens is 1. The van der Waals surface area contributed by atoms with Crippen LogP contribution < -0.4 is 5.32 Å². The van der Waals surface area contributed by atoms with E-state index in [0.717, 1.165) is 24.6 Å². The maximum atomic E-state index is 6.07. The molecule has 0 spiro atoms. The maximum absolute atomic E-state index is 6.07. The Morgan fingerprint density at radius 3 is 2.71 bits per heavy atom. The van der Waals surface area contributed by atoms with Crippen LogP contribution in [0.15, 0.2) is 36.4 Å². The summed E-state index contributed by atoms with van der Waals surface area (Å²) < 4.78 is 0. The lowest BCUT2D eigenvalue weighted by atomic mass is 9.98. The first-order valence-electron chi connectivity index (χ1n) is 7.55. The molecule has 0 bridgehead atoms. The number of anilines is 1. The van der Waals surface area contributed by atoms with Crippen molar-refractivity contribution in [2.24, 2.45) is 0 Å². The second kappa shape index (κ2) is 6.44. The van der Waals surface area contributed by atoms with E-state index in [0.29, 0.717) is 17.0 Å². The second-order valence-electron chi connectivity index (χ2n) is 5.74. The van der Waals surface area contributed by atoms with Crippen LogP contribution >= 0.6 is 11.6 Å². The van der Waals surface area contributed by atoms with E-state index in [4.69, 9.17) is 11.6 Å². The molecule has 4 heteroatoms.